The molecule has 0 fully saturated rings. The Bertz CT molecular complexity index is 587. The molecule has 0 saturated carbocycles. The maximum Gasteiger partial charge on any atom is 0.407 e. The van der Waals surface area contributed by atoms with E-state index in [1.165, 1.54) is 128 Å². The Balaban J connectivity index is 3.81. The predicted molar refractivity (Wildman–Crippen MR) is 184 cm³/mol. The van der Waals surface area contributed by atoms with E-state index in [2.05, 4.69) is 31.4 Å². The van der Waals surface area contributed by atoms with Crippen LogP contribution in [0.25, 0.3) is 0 Å². The first-order valence-electron chi connectivity index (χ1n) is 19.0. The molecule has 2 N–H and O–H groups in total. The maximum atomic E-state index is 12.4. The van der Waals surface area contributed by atoms with Crippen LogP contribution in [0.3, 0.4) is 0 Å². The van der Waals surface area contributed by atoms with Crippen molar-refractivity contribution in [2.45, 2.75) is 207 Å². The zero-order valence-corrected chi connectivity index (χ0v) is 29.1. The molecule has 256 valence electrons. The second-order valence-electron chi connectivity index (χ2n) is 12.8. The molecule has 0 aliphatic rings. The van der Waals surface area contributed by atoms with E-state index in [1.807, 2.05) is 0 Å². The van der Waals surface area contributed by atoms with Gasteiger partial charge in [0.1, 0.15) is 12.7 Å². The summed E-state index contributed by atoms with van der Waals surface area (Å²) >= 11 is 0. The number of carbonyl (C=O) groups is 2. The number of nitrogens with one attached hydrogen (secondary N) is 2. The lowest BCUT2D eigenvalue weighted by molar-refractivity contribution is 0.0388. The van der Waals surface area contributed by atoms with Crippen LogP contribution >= 0.6 is 0 Å². The average molecular weight is 611 g/mol. The van der Waals surface area contributed by atoms with Gasteiger partial charge in [-0.15, -0.1) is 0 Å². The van der Waals surface area contributed by atoms with Crippen molar-refractivity contribution in [3.63, 3.8) is 0 Å². The Morgan fingerprint density at radius 3 is 1.16 bits per heavy atom. The standard InChI is InChI=1S/C37H74N2O4/c1-4-7-10-12-14-16-18-20-22-24-26-29-32-38-36(40)42-34-35(31-28-9-6-3)43-37(41)39-33-30-27-25-23-21-19-17-15-13-11-8-5-2/h35H,4-34H2,1-3H3,(H,38,40)(H,39,41). The summed E-state index contributed by atoms with van der Waals surface area (Å²) < 4.78 is 11.0. The Morgan fingerprint density at radius 1 is 0.442 bits per heavy atom. The Kier molecular flexibility index (Phi) is 33.8. The molecule has 0 aromatic rings. The fraction of sp³-hybridized carbons (Fsp3) is 0.946. The van der Waals surface area contributed by atoms with E-state index in [9.17, 15) is 9.59 Å². The van der Waals surface area contributed by atoms with E-state index in [-0.39, 0.29) is 6.61 Å². The van der Waals surface area contributed by atoms with Crippen LogP contribution in [-0.4, -0.2) is 38.0 Å². The zero-order chi connectivity index (χ0) is 31.5. The molecule has 0 saturated heterocycles. The van der Waals surface area contributed by atoms with Crippen LogP contribution in [0.4, 0.5) is 9.59 Å². The summed E-state index contributed by atoms with van der Waals surface area (Å²) in [4.78, 5) is 24.5. The van der Waals surface area contributed by atoms with Gasteiger partial charge in [0, 0.05) is 13.1 Å². The molecule has 0 aliphatic carbocycles. The highest BCUT2D eigenvalue weighted by atomic mass is 16.6. The van der Waals surface area contributed by atoms with Crippen molar-refractivity contribution in [3.8, 4) is 0 Å². The summed E-state index contributed by atoms with van der Waals surface area (Å²) in [7, 11) is 0. The van der Waals surface area contributed by atoms with Gasteiger partial charge in [-0.3, -0.25) is 0 Å². The van der Waals surface area contributed by atoms with Gasteiger partial charge < -0.3 is 20.1 Å². The first-order valence-corrected chi connectivity index (χ1v) is 19.0. The molecule has 0 rings (SSSR count). The lowest BCUT2D eigenvalue weighted by Gasteiger charge is -2.18. The number of ether oxygens (including phenoxy) is 2. The number of amides is 2. The highest BCUT2D eigenvalue weighted by molar-refractivity contribution is 5.68. The molecule has 43 heavy (non-hydrogen) atoms. The molecule has 6 nitrogen and oxygen atoms in total. The molecule has 1 atom stereocenters. The minimum absolute atomic E-state index is 0.111. The third-order valence-corrected chi connectivity index (χ3v) is 8.40. The van der Waals surface area contributed by atoms with Crippen molar-refractivity contribution in [1.29, 1.82) is 0 Å². The lowest BCUT2D eigenvalue weighted by Crippen LogP contribution is -2.34. The molecule has 0 aromatic carbocycles. The number of hydrogen-bond donors (Lipinski definition) is 2. The quantitative estimate of drug-likeness (QED) is 0.0725. The topological polar surface area (TPSA) is 76.7 Å². The summed E-state index contributed by atoms with van der Waals surface area (Å²) in [6.45, 7) is 8.07. The van der Waals surface area contributed by atoms with E-state index in [1.54, 1.807) is 0 Å². The molecular formula is C37H74N2O4. The molecule has 0 radical (unpaired) electrons. The van der Waals surface area contributed by atoms with E-state index in [4.69, 9.17) is 9.47 Å². The van der Waals surface area contributed by atoms with Crippen molar-refractivity contribution in [2.75, 3.05) is 19.7 Å². The fourth-order valence-corrected chi connectivity index (χ4v) is 5.52. The van der Waals surface area contributed by atoms with Gasteiger partial charge in [0.05, 0.1) is 0 Å². The molecule has 2 amide bonds. The van der Waals surface area contributed by atoms with Gasteiger partial charge in [-0.2, -0.15) is 0 Å². The number of rotatable bonds is 33. The number of unbranched alkanes of at least 4 members (excludes halogenated alkanes) is 24. The van der Waals surface area contributed by atoms with Gasteiger partial charge >= 0.3 is 12.2 Å². The molecule has 0 aliphatic heterocycles. The first-order chi connectivity index (χ1) is 21.1. The number of alkyl carbamates (subject to hydrolysis) is 2. The summed E-state index contributed by atoms with van der Waals surface area (Å²) in [6, 6.07) is 0. The second kappa shape index (κ2) is 35.0. The van der Waals surface area contributed by atoms with Crippen molar-refractivity contribution < 1.29 is 19.1 Å². The highest BCUT2D eigenvalue weighted by Crippen LogP contribution is 2.13. The fourth-order valence-electron chi connectivity index (χ4n) is 5.52. The van der Waals surface area contributed by atoms with E-state index < -0.39 is 18.3 Å². The molecule has 0 spiro atoms. The van der Waals surface area contributed by atoms with Crippen LogP contribution in [0.1, 0.15) is 201 Å². The van der Waals surface area contributed by atoms with Crippen molar-refractivity contribution in [1.82, 2.24) is 10.6 Å². The van der Waals surface area contributed by atoms with Crippen LogP contribution in [0, 0.1) is 0 Å². The largest absolute Gasteiger partial charge is 0.446 e. The zero-order valence-electron chi connectivity index (χ0n) is 29.1. The van der Waals surface area contributed by atoms with Gasteiger partial charge in [0.2, 0.25) is 0 Å². The monoisotopic (exact) mass is 611 g/mol. The number of hydrogen-bond acceptors (Lipinski definition) is 4. The second-order valence-corrected chi connectivity index (χ2v) is 12.8. The van der Waals surface area contributed by atoms with Crippen LogP contribution < -0.4 is 10.6 Å². The van der Waals surface area contributed by atoms with Crippen molar-refractivity contribution in [2.24, 2.45) is 0 Å². The van der Waals surface area contributed by atoms with E-state index >= 15 is 0 Å². The normalized spacial score (nSPS) is 11.8. The Labute approximate surface area is 268 Å². The Morgan fingerprint density at radius 2 is 0.767 bits per heavy atom. The van der Waals surface area contributed by atoms with Crippen molar-refractivity contribution >= 4 is 12.2 Å². The molecule has 0 heterocycles. The molecule has 1 unspecified atom stereocenters. The van der Waals surface area contributed by atoms with Gasteiger partial charge in [-0.25, -0.2) is 9.59 Å². The summed E-state index contributed by atoms with van der Waals surface area (Å²) in [5.74, 6) is 0. The van der Waals surface area contributed by atoms with E-state index in [0.29, 0.717) is 19.5 Å². The van der Waals surface area contributed by atoms with Gasteiger partial charge in [-0.1, -0.05) is 175 Å². The summed E-state index contributed by atoms with van der Waals surface area (Å²) in [6.07, 6.45) is 33.8. The smallest absolute Gasteiger partial charge is 0.407 e. The van der Waals surface area contributed by atoms with Gasteiger partial charge in [0.25, 0.3) is 0 Å². The number of carbonyl (C=O) groups excluding carboxylic acids is 2. The van der Waals surface area contributed by atoms with Crippen LogP contribution in [0.2, 0.25) is 0 Å². The van der Waals surface area contributed by atoms with E-state index in [0.717, 1.165) is 44.9 Å². The van der Waals surface area contributed by atoms with Crippen LogP contribution in [0.15, 0.2) is 0 Å². The summed E-state index contributed by atoms with van der Waals surface area (Å²) in [5, 5.41) is 5.75. The molecule has 0 aromatic heterocycles. The predicted octanol–water partition coefficient (Wildman–Crippen LogP) is 11.8. The third kappa shape index (κ3) is 33.3. The molecular weight excluding hydrogens is 536 g/mol. The van der Waals surface area contributed by atoms with Crippen molar-refractivity contribution in [3.05, 3.63) is 0 Å². The minimum Gasteiger partial charge on any atom is -0.446 e. The van der Waals surface area contributed by atoms with Crippen LogP contribution in [-0.2, 0) is 9.47 Å². The van der Waals surface area contributed by atoms with Gasteiger partial charge in [-0.05, 0) is 25.7 Å². The SMILES string of the molecule is CCCCCCCCCCCCCCNC(=O)OCC(CCCCC)OC(=O)NCCCCCCCCCCCCCC. The lowest BCUT2D eigenvalue weighted by atomic mass is 10.1. The average Bonchev–Trinajstić information content (AvgIpc) is 3.00. The molecule has 6 heteroatoms. The highest BCUT2D eigenvalue weighted by Gasteiger charge is 2.16. The van der Waals surface area contributed by atoms with Crippen LogP contribution in [0.5, 0.6) is 0 Å². The van der Waals surface area contributed by atoms with Gasteiger partial charge in [0.15, 0.2) is 0 Å². The minimum atomic E-state index is -0.413. The summed E-state index contributed by atoms with van der Waals surface area (Å²) in [5.41, 5.74) is 0. The Hall–Kier alpha value is -1.46. The molecule has 0 bridgehead atoms. The maximum absolute atomic E-state index is 12.4. The first kappa shape index (κ1) is 41.5. The third-order valence-electron chi connectivity index (χ3n) is 8.40.